The van der Waals surface area contributed by atoms with Gasteiger partial charge in [0.25, 0.3) is 0 Å². The van der Waals surface area contributed by atoms with Gasteiger partial charge in [-0.05, 0) is 36.8 Å². The summed E-state index contributed by atoms with van der Waals surface area (Å²) >= 11 is 5.80. The Morgan fingerprint density at radius 2 is 2.00 bits per heavy atom. The number of furan rings is 1. The largest absolute Gasteiger partial charge is 0.507 e. The summed E-state index contributed by atoms with van der Waals surface area (Å²) in [5.41, 5.74) is 4.23. The van der Waals surface area contributed by atoms with E-state index < -0.39 is 5.91 Å². The van der Waals surface area contributed by atoms with Gasteiger partial charge in [0.1, 0.15) is 11.3 Å². The van der Waals surface area contributed by atoms with Crippen molar-refractivity contribution in [2.75, 3.05) is 0 Å². The van der Waals surface area contributed by atoms with E-state index in [9.17, 15) is 9.90 Å². The second kappa shape index (κ2) is 6.14. The highest BCUT2D eigenvalue weighted by Gasteiger charge is 2.19. The van der Waals surface area contributed by atoms with Gasteiger partial charge < -0.3 is 9.52 Å². The number of nitrogens with one attached hydrogen (secondary N) is 1. The van der Waals surface area contributed by atoms with Crippen LogP contribution in [0.4, 0.5) is 0 Å². The summed E-state index contributed by atoms with van der Waals surface area (Å²) in [4.78, 5) is 12.2. The fourth-order valence-corrected chi connectivity index (χ4v) is 2.39. The molecule has 0 radical (unpaired) electrons. The Morgan fingerprint density at radius 1 is 1.26 bits per heavy atom. The van der Waals surface area contributed by atoms with E-state index in [4.69, 9.17) is 16.0 Å². The molecule has 1 heterocycles. The fraction of sp³-hybridized carbons (Fsp3) is 0.0588. The third kappa shape index (κ3) is 3.05. The number of aryl methyl sites for hydroxylation is 1. The van der Waals surface area contributed by atoms with Gasteiger partial charge in [-0.15, -0.1) is 0 Å². The van der Waals surface area contributed by atoms with Crippen LogP contribution in [0.15, 0.2) is 52.0 Å². The monoisotopic (exact) mass is 328 g/mol. The number of phenolic OH excluding ortho intramolecular Hbond substituents is 1. The molecule has 0 saturated carbocycles. The van der Waals surface area contributed by atoms with Crippen molar-refractivity contribution in [3.8, 4) is 5.75 Å². The van der Waals surface area contributed by atoms with Gasteiger partial charge in [0.2, 0.25) is 0 Å². The first-order valence-electron chi connectivity index (χ1n) is 6.86. The summed E-state index contributed by atoms with van der Waals surface area (Å²) in [5, 5.41) is 14.9. The van der Waals surface area contributed by atoms with E-state index in [1.807, 2.05) is 0 Å². The van der Waals surface area contributed by atoms with Crippen molar-refractivity contribution in [2.45, 2.75) is 6.92 Å². The standard InChI is InChI=1S/C17H13ClN2O3/c1-10-15-13(21)3-2-4-14(15)23-16(10)17(22)20-19-9-11-5-7-12(18)8-6-11/h2-9,21H,1H3,(H,20,22)/b19-9+. The van der Waals surface area contributed by atoms with Crippen LogP contribution in [0.5, 0.6) is 5.75 Å². The van der Waals surface area contributed by atoms with E-state index in [2.05, 4.69) is 10.5 Å². The zero-order valence-electron chi connectivity index (χ0n) is 12.2. The quantitative estimate of drug-likeness (QED) is 0.566. The van der Waals surface area contributed by atoms with E-state index in [1.54, 1.807) is 49.4 Å². The van der Waals surface area contributed by atoms with Gasteiger partial charge in [-0.1, -0.05) is 29.8 Å². The molecular weight excluding hydrogens is 316 g/mol. The normalized spacial score (nSPS) is 11.2. The molecule has 2 aromatic carbocycles. The van der Waals surface area contributed by atoms with Gasteiger partial charge in [0, 0.05) is 10.6 Å². The number of rotatable bonds is 3. The molecule has 0 spiro atoms. The lowest BCUT2D eigenvalue weighted by atomic mass is 10.1. The van der Waals surface area contributed by atoms with Crippen LogP contribution in [0, 0.1) is 6.92 Å². The maximum absolute atomic E-state index is 12.2. The molecule has 1 aromatic heterocycles. The Bertz CT molecular complexity index is 898. The van der Waals surface area contributed by atoms with Crippen molar-refractivity contribution < 1.29 is 14.3 Å². The third-order valence-corrected chi connectivity index (χ3v) is 3.64. The molecule has 0 atom stereocenters. The predicted octanol–water partition coefficient (Wildman–Crippen LogP) is 3.86. The topological polar surface area (TPSA) is 74.8 Å². The Morgan fingerprint density at radius 3 is 2.70 bits per heavy atom. The first-order valence-corrected chi connectivity index (χ1v) is 7.24. The van der Waals surface area contributed by atoms with Gasteiger partial charge in [-0.25, -0.2) is 5.43 Å². The van der Waals surface area contributed by atoms with Crippen molar-refractivity contribution in [2.24, 2.45) is 5.10 Å². The lowest BCUT2D eigenvalue weighted by molar-refractivity contribution is 0.0929. The summed E-state index contributed by atoms with van der Waals surface area (Å²) < 4.78 is 5.50. The van der Waals surface area contributed by atoms with Crippen molar-refractivity contribution >= 4 is 34.7 Å². The van der Waals surface area contributed by atoms with Gasteiger partial charge >= 0.3 is 5.91 Å². The van der Waals surface area contributed by atoms with Crippen molar-refractivity contribution in [1.82, 2.24) is 5.43 Å². The molecule has 3 rings (SSSR count). The summed E-state index contributed by atoms with van der Waals surface area (Å²) in [6, 6.07) is 11.9. The SMILES string of the molecule is Cc1c(C(=O)N/N=C/c2ccc(Cl)cc2)oc2cccc(O)c12. The van der Waals surface area contributed by atoms with E-state index in [0.717, 1.165) is 5.56 Å². The van der Waals surface area contributed by atoms with Crippen molar-refractivity contribution in [1.29, 1.82) is 0 Å². The molecule has 0 unspecified atom stereocenters. The van der Waals surface area contributed by atoms with Crippen molar-refractivity contribution in [3.05, 3.63) is 64.4 Å². The molecule has 0 bridgehead atoms. The molecule has 5 nitrogen and oxygen atoms in total. The molecule has 116 valence electrons. The number of halogens is 1. The first kappa shape index (κ1) is 15.1. The molecule has 3 aromatic rings. The zero-order chi connectivity index (χ0) is 16.4. The number of benzene rings is 2. The van der Waals surface area contributed by atoms with Crippen LogP contribution in [-0.2, 0) is 0 Å². The van der Waals surface area contributed by atoms with Gasteiger partial charge in [0.15, 0.2) is 5.76 Å². The van der Waals surface area contributed by atoms with Gasteiger partial charge in [0.05, 0.1) is 11.6 Å². The van der Waals surface area contributed by atoms with E-state index >= 15 is 0 Å². The maximum Gasteiger partial charge on any atom is 0.307 e. The second-order valence-electron chi connectivity index (χ2n) is 4.96. The Labute approximate surface area is 137 Å². The first-order chi connectivity index (χ1) is 11.1. The number of carbonyl (C=O) groups is 1. The number of amides is 1. The number of hydrogen-bond acceptors (Lipinski definition) is 4. The predicted molar refractivity (Wildman–Crippen MR) is 89.1 cm³/mol. The molecular formula is C17H13ClN2O3. The molecule has 6 heteroatoms. The Hall–Kier alpha value is -2.79. The van der Waals surface area contributed by atoms with Crippen LogP contribution in [0.25, 0.3) is 11.0 Å². The highest BCUT2D eigenvalue weighted by molar-refractivity contribution is 6.30. The highest BCUT2D eigenvalue weighted by atomic mass is 35.5. The van der Waals surface area contributed by atoms with E-state index in [1.165, 1.54) is 6.21 Å². The number of hydrazone groups is 1. The van der Waals surface area contributed by atoms with Crippen molar-refractivity contribution in [3.63, 3.8) is 0 Å². The number of hydrogen-bond donors (Lipinski definition) is 2. The third-order valence-electron chi connectivity index (χ3n) is 3.39. The number of aromatic hydroxyl groups is 1. The van der Waals surface area contributed by atoms with Crippen LogP contribution in [0.3, 0.4) is 0 Å². The average molecular weight is 329 g/mol. The van der Waals surface area contributed by atoms with E-state index in [-0.39, 0.29) is 11.5 Å². The number of phenols is 1. The smallest absolute Gasteiger partial charge is 0.307 e. The Kier molecular flexibility index (Phi) is 4.04. The van der Waals surface area contributed by atoms with Gasteiger partial charge in [-0.2, -0.15) is 5.10 Å². The number of carbonyl (C=O) groups excluding carboxylic acids is 1. The zero-order valence-corrected chi connectivity index (χ0v) is 13.0. The molecule has 0 aliphatic heterocycles. The fourth-order valence-electron chi connectivity index (χ4n) is 2.26. The molecule has 0 aliphatic rings. The molecule has 1 amide bonds. The minimum atomic E-state index is -0.483. The molecule has 0 fully saturated rings. The minimum Gasteiger partial charge on any atom is -0.507 e. The number of nitrogens with zero attached hydrogens (tertiary/aromatic N) is 1. The molecule has 0 aliphatic carbocycles. The second-order valence-corrected chi connectivity index (χ2v) is 5.39. The average Bonchev–Trinajstić information content (AvgIpc) is 2.88. The lowest BCUT2D eigenvalue weighted by Gasteiger charge is -1.98. The van der Waals surface area contributed by atoms with Crippen LogP contribution in [0.2, 0.25) is 5.02 Å². The van der Waals surface area contributed by atoms with E-state index in [0.29, 0.717) is 21.6 Å². The highest BCUT2D eigenvalue weighted by Crippen LogP contribution is 2.32. The molecule has 0 saturated heterocycles. The Balaban J connectivity index is 1.80. The summed E-state index contributed by atoms with van der Waals surface area (Å²) in [6.07, 6.45) is 1.50. The molecule has 23 heavy (non-hydrogen) atoms. The number of fused-ring (bicyclic) bond motifs is 1. The lowest BCUT2D eigenvalue weighted by Crippen LogP contribution is -2.17. The summed E-state index contributed by atoms with van der Waals surface area (Å²) in [6.45, 7) is 1.71. The summed E-state index contributed by atoms with van der Waals surface area (Å²) in [5.74, 6) is -0.287. The van der Waals surface area contributed by atoms with Crippen LogP contribution < -0.4 is 5.43 Å². The summed E-state index contributed by atoms with van der Waals surface area (Å²) in [7, 11) is 0. The molecule has 2 N–H and O–H groups in total. The minimum absolute atomic E-state index is 0.0764. The van der Waals surface area contributed by atoms with Crippen LogP contribution >= 0.6 is 11.6 Å². The van der Waals surface area contributed by atoms with Crippen LogP contribution in [-0.4, -0.2) is 17.2 Å². The maximum atomic E-state index is 12.2. The van der Waals surface area contributed by atoms with Gasteiger partial charge in [-0.3, -0.25) is 4.79 Å². The van der Waals surface area contributed by atoms with Crippen LogP contribution in [0.1, 0.15) is 21.7 Å².